The molecular formula is C18H32N4O3. The van der Waals surface area contributed by atoms with Crippen molar-refractivity contribution in [3.8, 4) is 0 Å². The lowest BCUT2D eigenvalue weighted by atomic mass is 10.1. The third kappa shape index (κ3) is 6.21. The third-order valence-corrected chi connectivity index (χ3v) is 4.90. The summed E-state index contributed by atoms with van der Waals surface area (Å²) in [5.41, 5.74) is 0. The van der Waals surface area contributed by atoms with Crippen molar-refractivity contribution in [1.82, 2.24) is 20.0 Å². The molecule has 142 valence electrons. The molecule has 0 radical (unpaired) electrons. The van der Waals surface area contributed by atoms with E-state index in [1.165, 1.54) is 0 Å². The Morgan fingerprint density at radius 3 is 2.52 bits per heavy atom. The number of hydrogen-bond acceptors (Lipinski definition) is 3. The maximum absolute atomic E-state index is 12.4. The molecule has 2 aliphatic rings. The zero-order chi connectivity index (χ0) is 18.1. The first-order valence-corrected chi connectivity index (χ1v) is 9.70. The number of nitrogens with zero attached hydrogens (tertiary/aromatic N) is 3. The fraction of sp³-hybridized carbons (Fsp3) is 0.833. The SMILES string of the molecule is CCCNC(=O)N1CCCN(C(=O)CCCN2CCCCC2=O)CC1. The van der Waals surface area contributed by atoms with Crippen LogP contribution in [0.5, 0.6) is 0 Å². The van der Waals surface area contributed by atoms with Crippen LogP contribution in [-0.2, 0) is 9.59 Å². The summed E-state index contributed by atoms with van der Waals surface area (Å²) in [6.07, 6.45) is 5.65. The van der Waals surface area contributed by atoms with Gasteiger partial charge in [-0.05, 0) is 32.1 Å². The van der Waals surface area contributed by atoms with E-state index in [1.54, 1.807) is 4.90 Å². The summed E-state index contributed by atoms with van der Waals surface area (Å²) in [4.78, 5) is 41.8. The maximum atomic E-state index is 12.4. The summed E-state index contributed by atoms with van der Waals surface area (Å²) in [5.74, 6) is 0.363. The van der Waals surface area contributed by atoms with Gasteiger partial charge in [-0.2, -0.15) is 0 Å². The molecule has 0 aromatic rings. The van der Waals surface area contributed by atoms with Gasteiger partial charge in [0.1, 0.15) is 0 Å². The van der Waals surface area contributed by atoms with Crippen LogP contribution in [0.3, 0.4) is 0 Å². The van der Waals surface area contributed by atoms with Gasteiger partial charge in [0.25, 0.3) is 0 Å². The van der Waals surface area contributed by atoms with E-state index in [0.29, 0.717) is 52.1 Å². The number of urea groups is 1. The quantitative estimate of drug-likeness (QED) is 0.786. The Kier molecular flexibility index (Phi) is 8.01. The van der Waals surface area contributed by atoms with Gasteiger partial charge in [-0.1, -0.05) is 6.92 Å². The number of likely N-dealkylation sites (tertiary alicyclic amines) is 1. The first-order chi connectivity index (χ1) is 12.1. The predicted molar refractivity (Wildman–Crippen MR) is 96.1 cm³/mol. The van der Waals surface area contributed by atoms with Crippen LogP contribution in [0, 0.1) is 0 Å². The molecule has 0 atom stereocenters. The molecule has 0 unspecified atom stereocenters. The molecule has 25 heavy (non-hydrogen) atoms. The molecule has 7 heteroatoms. The Balaban J connectivity index is 1.69. The van der Waals surface area contributed by atoms with E-state index in [-0.39, 0.29) is 17.8 Å². The summed E-state index contributed by atoms with van der Waals surface area (Å²) < 4.78 is 0. The van der Waals surface area contributed by atoms with Gasteiger partial charge in [0.05, 0.1) is 0 Å². The van der Waals surface area contributed by atoms with E-state index >= 15 is 0 Å². The van der Waals surface area contributed by atoms with Crippen molar-refractivity contribution in [2.75, 3.05) is 45.8 Å². The third-order valence-electron chi connectivity index (χ3n) is 4.90. The molecule has 0 aromatic heterocycles. The van der Waals surface area contributed by atoms with Crippen LogP contribution in [0.4, 0.5) is 4.79 Å². The molecule has 1 N–H and O–H groups in total. The molecule has 0 spiro atoms. The Labute approximate surface area is 150 Å². The van der Waals surface area contributed by atoms with Crippen LogP contribution in [0.1, 0.15) is 51.9 Å². The summed E-state index contributed by atoms with van der Waals surface area (Å²) in [5, 5.41) is 2.89. The molecule has 0 aliphatic carbocycles. The molecule has 0 saturated carbocycles. The molecular weight excluding hydrogens is 320 g/mol. The lowest BCUT2D eigenvalue weighted by molar-refractivity contribution is -0.135. The predicted octanol–water partition coefficient (Wildman–Crippen LogP) is 1.43. The van der Waals surface area contributed by atoms with Gasteiger partial charge in [0, 0.05) is 58.7 Å². The average Bonchev–Trinajstić information content (AvgIpc) is 2.87. The fourth-order valence-corrected chi connectivity index (χ4v) is 3.39. The minimum Gasteiger partial charge on any atom is -0.343 e. The molecule has 0 aromatic carbocycles. The van der Waals surface area contributed by atoms with Crippen molar-refractivity contribution in [2.24, 2.45) is 0 Å². The van der Waals surface area contributed by atoms with Gasteiger partial charge < -0.3 is 20.0 Å². The van der Waals surface area contributed by atoms with E-state index in [4.69, 9.17) is 0 Å². The van der Waals surface area contributed by atoms with E-state index in [9.17, 15) is 14.4 Å². The second kappa shape index (κ2) is 10.3. The van der Waals surface area contributed by atoms with Crippen molar-refractivity contribution in [1.29, 1.82) is 0 Å². The highest BCUT2D eigenvalue weighted by Gasteiger charge is 2.22. The normalized spacial score (nSPS) is 18.9. The number of carbonyl (C=O) groups excluding carboxylic acids is 3. The second-order valence-electron chi connectivity index (χ2n) is 6.89. The van der Waals surface area contributed by atoms with Gasteiger partial charge in [-0.15, -0.1) is 0 Å². The smallest absolute Gasteiger partial charge is 0.317 e. The zero-order valence-corrected chi connectivity index (χ0v) is 15.5. The monoisotopic (exact) mass is 352 g/mol. The molecule has 4 amide bonds. The number of hydrogen-bond donors (Lipinski definition) is 1. The van der Waals surface area contributed by atoms with Crippen LogP contribution in [0.2, 0.25) is 0 Å². The molecule has 2 heterocycles. The van der Waals surface area contributed by atoms with Crippen molar-refractivity contribution in [2.45, 2.75) is 51.9 Å². The van der Waals surface area contributed by atoms with Gasteiger partial charge in [-0.3, -0.25) is 9.59 Å². The van der Waals surface area contributed by atoms with Crippen molar-refractivity contribution in [3.05, 3.63) is 0 Å². The number of rotatable bonds is 6. The van der Waals surface area contributed by atoms with E-state index < -0.39 is 0 Å². The first-order valence-electron chi connectivity index (χ1n) is 9.70. The Hall–Kier alpha value is -1.79. The van der Waals surface area contributed by atoms with Gasteiger partial charge in [0.2, 0.25) is 11.8 Å². The van der Waals surface area contributed by atoms with E-state index in [1.807, 2.05) is 16.7 Å². The lowest BCUT2D eigenvalue weighted by Gasteiger charge is -2.27. The average molecular weight is 352 g/mol. The molecule has 2 rings (SSSR count). The van der Waals surface area contributed by atoms with Crippen LogP contribution < -0.4 is 5.32 Å². The lowest BCUT2D eigenvalue weighted by Crippen LogP contribution is -2.42. The van der Waals surface area contributed by atoms with Crippen LogP contribution in [0.15, 0.2) is 0 Å². The molecule has 0 bridgehead atoms. The van der Waals surface area contributed by atoms with Crippen molar-refractivity contribution >= 4 is 17.8 Å². The number of carbonyl (C=O) groups is 3. The highest BCUT2D eigenvalue weighted by Crippen LogP contribution is 2.12. The fourth-order valence-electron chi connectivity index (χ4n) is 3.39. The van der Waals surface area contributed by atoms with Crippen LogP contribution in [0.25, 0.3) is 0 Å². The first kappa shape index (κ1) is 19.5. The molecule has 2 fully saturated rings. The zero-order valence-electron chi connectivity index (χ0n) is 15.5. The second-order valence-corrected chi connectivity index (χ2v) is 6.89. The molecule has 2 aliphatic heterocycles. The van der Waals surface area contributed by atoms with E-state index in [0.717, 1.165) is 38.6 Å². The minimum absolute atomic E-state index is 0.0280. The minimum atomic E-state index is -0.0280. The number of piperidine rings is 1. The van der Waals surface area contributed by atoms with Gasteiger partial charge in [0.15, 0.2) is 0 Å². The summed E-state index contributed by atoms with van der Waals surface area (Å²) in [6.45, 7) is 6.82. The van der Waals surface area contributed by atoms with E-state index in [2.05, 4.69) is 5.32 Å². The Morgan fingerprint density at radius 2 is 1.76 bits per heavy atom. The number of nitrogens with one attached hydrogen (secondary N) is 1. The highest BCUT2D eigenvalue weighted by molar-refractivity contribution is 5.78. The molecule has 2 saturated heterocycles. The van der Waals surface area contributed by atoms with Crippen molar-refractivity contribution < 1.29 is 14.4 Å². The topological polar surface area (TPSA) is 73.0 Å². The Morgan fingerprint density at radius 1 is 1.00 bits per heavy atom. The summed E-state index contributed by atoms with van der Waals surface area (Å²) in [6, 6.07) is -0.0280. The van der Waals surface area contributed by atoms with Crippen molar-refractivity contribution in [3.63, 3.8) is 0 Å². The maximum Gasteiger partial charge on any atom is 0.317 e. The van der Waals surface area contributed by atoms with Gasteiger partial charge in [-0.25, -0.2) is 4.79 Å². The van der Waals surface area contributed by atoms with Crippen LogP contribution in [-0.4, -0.2) is 78.4 Å². The standard InChI is InChI=1S/C18H32N4O3/c1-2-9-19-18(25)22-13-6-12-21(14-15-22)17(24)8-5-11-20-10-4-3-7-16(20)23/h2-15H2,1H3,(H,19,25). The van der Waals surface area contributed by atoms with Gasteiger partial charge >= 0.3 is 6.03 Å². The Bertz CT molecular complexity index is 469. The number of amides is 4. The summed E-state index contributed by atoms with van der Waals surface area (Å²) in [7, 11) is 0. The largest absolute Gasteiger partial charge is 0.343 e. The summed E-state index contributed by atoms with van der Waals surface area (Å²) >= 11 is 0. The highest BCUT2D eigenvalue weighted by atomic mass is 16.2. The molecule has 7 nitrogen and oxygen atoms in total. The van der Waals surface area contributed by atoms with Crippen LogP contribution >= 0.6 is 0 Å².